The number of carboxylic acids is 1. The van der Waals surface area contributed by atoms with Gasteiger partial charge in [0.2, 0.25) is 0 Å². The van der Waals surface area contributed by atoms with E-state index in [1.54, 1.807) is 6.07 Å². The van der Waals surface area contributed by atoms with Crippen LogP contribution >= 0.6 is 0 Å². The molecule has 0 bridgehead atoms. The molecular weight excluding hydrogens is 214 g/mol. The fraction of sp³-hybridized carbons (Fsp3) is 0.286. The molecule has 0 saturated carbocycles. The van der Waals surface area contributed by atoms with Gasteiger partial charge in [0.25, 0.3) is 0 Å². The molecule has 0 radical (unpaired) electrons. The number of carbonyl (C=O) groups is 1. The van der Waals surface area contributed by atoms with Gasteiger partial charge in [-0.05, 0) is 30.0 Å². The van der Waals surface area contributed by atoms with Crippen molar-refractivity contribution in [3.63, 3.8) is 0 Å². The number of unbranched alkanes of at least 4 members (excludes halogenated alkanes) is 1. The number of nitriles is 1. The number of hydrogen-bond donors (Lipinski definition) is 1. The topological polar surface area (TPSA) is 61.1 Å². The molecule has 1 rings (SSSR count). The van der Waals surface area contributed by atoms with Crippen molar-refractivity contribution in [1.82, 2.24) is 0 Å². The van der Waals surface area contributed by atoms with E-state index in [1.807, 2.05) is 24.3 Å². The average molecular weight is 229 g/mol. The molecule has 0 saturated heterocycles. The van der Waals surface area contributed by atoms with Gasteiger partial charge in [-0.3, -0.25) is 0 Å². The Balaban J connectivity index is 2.81. The Labute approximate surface area is 101 Å². The maximum atomic E-state index is 10.7. The van der Waals surface area contributed by atoms with Crippen LogP contribution in [0.2, 0.25) is 0 Å². The average Bonchev–Trinajstić information content (AvgIpc) is 2.34. The van der Waals surface area contributed by atoms with Crippen LogP contribution in [0.15, 0.2) is 29.8 Å². The van der Waals surface area contributed by atoms with Crippen molar-refractivity contribution < 1.29 is 9.90 Å². The van der Waals surface area contributed by atoms with Crippen molar-refractivity contribution in [1.29, 1.82) is 5.26 Å². The number of nitrogens with zero attached hydrogens (tertiary/aromatic N) is 1. The van der Waals surface area contributed by atoms with Crippen molar-refractivity contribution in [2.24, 2.45) is 0 Å². The summed E-state index contributed by atoms with van der Waals surface area (Å²) in [5.74, 6) is -1.19. The minimum absolute atomic E-state index is 0.244. The van der Waals surface area contributed by atoms with Crippen molar-refractivity contribution in [2.45, 2.75) is 26.2 Å². The summed E-state index contributed by atoms with van der Waals surface area (Å²) in [5, 5.41) is 17.3. The molecule has 0 aliphatic carbocycles. The van der Waals surface area contributed by atoms with Crippen LogP contribution in [-0.4, -0.2) is 11.1 Å². The van der Waals surface area contributed by atoms with Crippen LogP contribution in [0.1, 0.15) is 30.9 Å². The Morgan fingerprint density at radius 2 is 2.06 bits per heavy atom. The molecule has 1 aromatic carbocycles. The predicted octanol–water partition coefficient (Wildman–Crippen LogP) is 3.02. The third kappa shape index (κ3) is 4.12. The molecule has 0 amide bonds. The van der Waals surface area contributed by atoms with Gasteiger partial charge >= 0.3 is 5.97 Å². The first-order chi connectivity index (χ1) is 8.17. The van der Waals surface area contributed by atoms with Gasteiger partial charge < -0.3 is 5.11 Å². The number of rotatable bonds is 5. The summed E-state index contributed by atoms with van der Waals surface area (Å²) in [5.41, 5.74) is 1.73. The Hall–Kier alpha value is -2.08. The molecule has 1 aromatic rings. The minimum Gasteiger partial charge on any atom is -0.477 e. The van der Waals surface area contributed by atoms with Crippen LogP contribution in [-0.2, 0) is 11.2 Å². The summed E-state index contributed by atoms with van der Waals surface area (Å²) in [6, 6.07) is 9.28. The summed E-state index contributed by atoms with van der Waals surface area (Å²) < 4.78 is 0. The zero-order chi connectivity index (χ0) is 12.7. The van der Waals surface area contributed by atoms with Gasteiger partial charge in [-0.2, -0.15) is 5.26 Å². The van der Waals surface area contributed by atoms with Crippen molar-refractivity contribution >= 4 is 12.0 Å². The lowest BCUT2D eigenvalue weighted by molar-refractivity contribution is -0.132. The largest absolute Gasteiger partial charge is 0.477 e. The lowest BCUT2D eigenvalue weighted by Gasteiger charge is -2.00. The third-order valence-corrected chi connectivity index (χ3v) is 2.46. The SMILES string of the molecule is CCCCc1ccc(C=C(C#N)C(=O)O)cc1. The Morgan fingerprint density at radius 3 is 2.53 bits per heavy atom. The first kappa shape index (κ1) is 13.0. The molecule has 3 heteroatoms. The van der Waals surface area contributed by atoms with Crippen LogP contribution < -0.4 is 0 Å². The number of carboxylic acid groups (broad SMARTS) is 1. The molecule has 0 aliphatic heterocycles. The van der Waals surface area contributed by atoms with E-state index >= 15 is 0 Å². The van der Waals surface area contributed by atoms with E-state index in [0.717, 1.165) is 24.8 Å². The van der Waals surface area contributed by atoms with Crippen molar-refractivity contribution in [2.75, 3.05) is 0 Å². The summed E-state index contributed by atoms with van der Waals surface area (Å²) in [4.78, 5) is 10.7. The van der Waals surface area contributed by atoms with Gasteiger partial charge in [0.05, 0.1) is 0 Å². The Kier molecular flexibility index (Phi) is 4.96. The van der Waals surface area contributed by atoms with Gasteiger partial charge in [-0.15, -0.1) is 0 Å². The zero-order valence-corrected chi connectivity index (χ0v) is 9.81. The smallest absolute Gasteiger partial charge is 0.346 e. The van der Waals surface area contributed by atoms with Crippen LogP contribution in [0.3, 0.4) is 0 Å². The van der Waals surface area contributed by atoms with Crippen molar-refractivity contribution in [3.8, 4) is 6.07 Å². The minimum atomic E-state index is -1.19. The van der Waals surface area contributed by atoms with E-state index in [1.165, 1.54) is 11.6 Å². The third-order valence-electron chi connectivity index (χ3n) is 2.46. The summed E-state index contributed by atoms with van der Waals surface area (Å²) in [6.45, 7) is 2.14. The molecule has 17 heavy (non-hydrogen) atoms. The summed E-state index contributed by atoms with van der Waals surface area (Å²) in [7, 11) is 0. The van der Waals surface area contributed by atoms with Crippen LogP contribution in [0, 0.1) is 11.3 Å². The van der Waals surface area contributed by atoms with Gasteiger partial charge in [-0.1, -0.05) is 37.6 Å². The second kappa shape index (κ2) is 6.49. The number of hydrogen-bond acceptors (Lipinski definition) is 2. The first-order valence-corrected chi connectivity index (χ1v) is 5.61. The second-order valence-electron chi connectivity index (χ2n) is 3.82. The van der Waals surface area contributed by atoms with E-state index in [4.69, 9.17) is 10.4 Å². The van der Waals surface area contributed by atoms with Gasteiger partial charge in [-0.25, -0.2) is 4.79 Å². The van der Waals surface area contributed by atoms with Crippen molar-refractivity contribution in [3.05, 3.63) is 41.0 Å². The maximum Gasteiger partial charge on any atom is 0.346 e. The first-order valence-electron chi connectivity index (χ1n) is 5.61. The molecule has 0 aromatic heterocycles. The molecule has 1 N–H and O–H groups in total. The van der Waals surface area contributed by atoms with E-state index in [2.05, 4.69) is 6.92 Å². The molecular formula is C14H15NO2. The van der Waals surface area contributed by atoms with Crippen LogP contribution in [0.4, 0.5) is 0 Å². The molecule has 0 heterocycles. The fourth-order valence-corrected chi connectivity index (χ4v) is 1.47. The number of benzene rings is 1. The van der Waals surface area contributed by atoms with E-state index < -0.39 is 5.97 Å². The highest BCUT2D eigenvalue weighted by molar-refractivity contribution is 5.96. The summed E-state index contributed by atoms with van der Waals surface area (Å²) in [6.07, 6.45) is 4.71. The van der Waals surface area contributed by atoms with Crippen LogP contribution in [0.5, 0.6) is 0 Å². The predicted molar refractivity (Wildman–Crippen MR) is 66.3 cm³/mol. The molecule has 0 aliphatic rings. The highest BCUT2D eigenvalue weighted by atomic mass is 16.4. The highest BCUT2D eigenvalue weighted by Crippen LogP contribution is 2.11. The fourth-order valence-electron chi connectivity index (χ4n) is 1.47. The molecule has 0 unspecified atom stereocenters. The molecule has 3 nitrogen and oxygen atoms in total. The van der Waals surface area contributed by atoms with Gasteiger partial charge in [0.1, 0.15) is 11.6 Å². The van der Waals surface area contributed by atoms with Gasteiger partial charge in [0, 0.05) is 0 Å². The molecule has 0 spiro atoms. The number of aryl methyl sites for hydroxylation is 1. The second-order valence-corrected chi connectivity index (χ2v) is 3.82. The number of aliphatic carboxylic acids is 1. The maximum absolute atomic E-state index is 10.7. The van der Waals surface area contributed by atoms with E-state index in [0.29, 0.717) is 0 Å². The lowest BCUT2D eigenvalue weighted by Crippen LogP contribution is -1.97. The standard InChI is InChI=1S/C14H15NO2/c1-2-3-4-11-5-7-12(8-6-11)9-13(10-15)14(16)17/h5-9H,2-4H2,1H3,(H,16,17). The van der Waals surface area contributed by atoms with Gasteiger partial charge in [0.15, 0.2) is 0 Å². The molecule has 0 fully saturated rings. The quantitative estimate of drug-likeness (QED) is 0.623. The Morgan fingerprint density at radius 1 is 1.41 bits per heavy atom. The zero-order valence-electron chi connectivity index (χ0n) is 9.81. The monoisotopic (exact) mass is 229 g/mol. The van der Waals surface area contributed by atoms with Crippen LogP contribution in [0.25, 0.3) is 6.08 Å². The summed E-state index contributed by atoms with van der Waals surface area (Å²) >= 11 is 0. The molecule has 0 atom stereocenters. The van der Waals surface area contributed by atoms with E-state index in [9.17, 15) is 4.79 Å². The van der Waals surface area contributed by atoms with E-state index in [-0.39, 0.29) is 5.57 Å². The highest BCUT2D eigenvalue weighted by Gasteiger charge is 2.05. The normalized spacial score (nSPS) is 10.9. The lowest BCUT2D eigenvalue weighted by atomic mass is 10.1. The molecule has 88 valence electrons. The Bertz CT molecular complexity index is 452.